The quantitative estimate of drug-likeness (QED) is 0.421. The Labute approximate surface area is 62.2 Å². The fourth-order valence-corrected chi connectivity index (χ4v) is 0.282. The molecule has 2 nitrogen and oxygen atoms in total. The fourth-order valence-electron chi connectivity index (χ4n) is 0.282. The molecule has 0 saturated heterocycles. The smallest absolute Gasteiger partial charge is 0.306 e. The van der Waals surface area contributed by atoms with E-state index in [1.54, 1.807) is 0 Å². The van der Waals surface area contributed by atoms with Crippen LogP contribution in [-0.2, 0) is 9.53 Å². The minimum absolute atomic E-state index is 0.0932. The molecule has 0 N–H and O–H groups in total. The van der Waals surface area contributed by atoms with Crippen LogP contribution >= 0.6 is 0 Å². The number of terminal acetylenes is 1. The lowest BCUT2D eigenvalue weighted by Gasteiger charge is -1.96. The van der Waals surface area contributed by atoms with Crippen molar-refractivity contribution in [3.8, 4) is 12.3 Å². The average Bonchev–Trinajstić information content (AvgIpc) is 1.97. The van der Waals surface area contributed by atoms with E-state index >= 15 is 0 Å². The molecule has 0 unspecified atom stereocenters. The number of esters is 1. The van der Waals surface area contributed by atoms with E-state index in [0.29, 0.717) is 0 Å². The summed E-state index contributed by atoms with van der Waals surface area (Å²) in [5.74, 6) is 1.20. The Hall–Kier alpha value is -0.970. The third-order valence-corrected chi connectivity index (χ3v) is 0.638. The zero-order valence-electron chi connectivity index (χ0n) is 9.81. The standard InChI is InChI=1S/C7H10O2/c1-3-5-6-7(8)9-4-2/h1H,4-6H2,2H3/i2D3,4D2. The topological polar surface area (TPSA) is 26.3 Å². The van der Waals surface area contributed by atoms with Crippen LogP contribution in [0.2, 0.25) is 0 Å². The van der Waals surface area contributed by atoms with Crippen LogP contribution in [0.25, 0.3) is 0 Å². The monoisotopic (exact) mass is 131 g/mol. The Morgan fingerprint density at radius 1 is 2.11 bits per heavy atom. The molecule has 9 heavy (non-hydrogen) atoms. The van der Waals surface area contributed by atoms with Crippen molar-refractivity contribution in [1.82, 2.24) is 0 Å². The van der Waals surface area contributed by atoms with Crippen LogP contribution in [0.15, 0.2) is 0 Å². The Morgan fingerprint density at radius 2 is 2.89 bits per heavy atom. The zero-order valence-corrected chi connectivity index (χ0v) is 4.81. The van der Waals surface area contributed by atoms with Gasteiger partial charge in [0.25, 0.3) is 0 Å². The highest BCUT2D eigenvalue weighted by Gasteiger charge is 1.96. The minimum Gasteiger partial charge on any atom is -0.466 e. The van der Waals surface area contributed by atoms with Gasteiger partial charge in [0.05, 0.1) is 15.7 Å². The maximum absolute atomic E-state index is 10.9. The lowest BCUT2D eigenvalue weighted by Crippen LogP contribution is -2.02. The van der Waals surface area contributed by atoms with E-state index < -0.39 is 19.4 Å². The first-order valence-electron chi connectivity index (χ1n) is 4.86. The molecule has 0 bridgehead atoms. The normalized spacial score (nSPS) is 19.2. The third kappa shape index (κ3) is 4.89. The van der Waals surface area contributed by atoms with Crippen molar-refractivity contribution in [2.75, 3.05) is 6.56 Å². The summed E-state index contributed by atoms with van der Waals surface area (Å²) in [5, 5.41) is 0. The van der Waals surface area contributed by atoms with Crippen LogP contribution in [0.3, 0.4) is 0 Å². The van der Waals surface area contributed by atoms with Crippen molar-refractivity contribution in [3.05, 3.63) is 0 Å². The molecular weight excluding hydrogens is 116 g/mol. The van der Waals surface area contributed by atoms with Gasteiger partial charge in [-0.25, -0.2) is 0 Å². The van der Waals surface area contributed by atoms with E-state index in [0.717, 1.165) is 0 Å². The molecule has 0 aliphatic carbocycles. The molecular formula is C7H10O2. The highest BCUT2D eigenvalue weighted by Crippen LogP contribution is 1.89. The summed E-state index contributed by atoms with van der Waals surface area (Å²) in [6.45, 7) is -5.95. The maximum Gasteiger partial charge on any atom is 0.306 e. The molecule has 0 fully saturated rings. The van der Waals surface area contributed by atoms with Crippen molar-refractivity contribution in [2.45, 2.75) is 19.7 Å². The second-order valence-electron chi connectivity index (χ2n) is 1.28. The molecule has 0 spiro atoms. The zero-order chi connectivity index (χ0) is 11.4. The van der Waals surface area contributed by atoms with Gasteiger partial charge in [-0.1, -0.05) is 0 Å². The summed E-state index contributed by atoms with van der Waals surface area (Å²) in [6.07, 6.45) is 4.77. The molecule has 0 aliphatic rings. The van der Waals surface area contributed by atoms with Crippen LogP contribution in [0.5, 0.6) is 0 Å². The first-order chi connectivity index (χ1) is 6.20. The van der Waals surface area contributed by atoms with Gasteiger partial charge in [-0.15, -0.1) is 12.3 Å². The highest BCUT2D eigenvalue weighted by atomic mass is 16.5. The van der Waals surface area contributed by atoms with Crippen LogP contribution in [0.1, 0.15) is 26.5 Å². The molecule has 0 aliphatic heterocycles. The van der Waals surface area contributed by atoms with Gasteiger partial charge < -0.3 is 4.74 Å². The largest absolute Gasteiger partial charge is 0.466 e. The first-order valence-corrected chi connectivity index (χ1v) is 2.36. The molecule has 0 amide bonds. The lowest BCUT2D eigenvalue weighted by molar-refractivity contribution is -0.142. The van der Waals surface area contributed by atoms with Crippen molar-refractivity contribution >= 4 is 5.97 Å². The van der Waals surface area contributed by atoms with Gasteiger partial charge in [-0.05, 0) is 6.85 Å². The minimum atomic E-state index is -2.99. The fraction of sp³-hybridized carbons (Fsp3) is 0.571. The summed E-state index contributed by atoms with van der Waals surface area (Å²) in [4.78, 5) is 10.9. The Bertz CT molecular complexity index is 250. The van der Waals surface area contributed by atoms with Gasteiger partial charge in [0.1, 0.15) is 0 Å². The molecule has 0 aromatic carbocycles. The second-order valence-corrected chi connectivity index (χ2v) is 1.28. The molecule has 0 heterocycles. The summed E-state index contributed by atoms with van der Waals surface area (Å²) < 4.78 is 38.3. The molecule has 50 valence electrons. The number of hydrogen-bond donors (Lipinski definition) is 0. The van der Waals surface area contributed by atoms with Gasteiger partial charge in [0.15, 0.2) is 0 Å². The third-order valence-electron chi connectivity index (χ3n) is 0.638. The van der Waals surface area contributed by atoms with Crippen molar-refractivity contribution in [1.29, 1.82) is 0 Å². The number of carbonyl (C=O) groups is 1. The highest BCUT2D eigenvalue weighted by molar-refractivity contribution is 5.69. The van der Waals surface area contributed by atoms with Gasteiger partial charge in [-0.3, -0.25) is 4.79 Å². The van der Waals surface area contributed by atoms with Gasteiger partial charge in [0, 0.05) is 10.5 Å². The van der Waals surface area contributed by atoms with E-state index in [-0.39, 0.29) is 12.8 Å². The molecule has 2 heteroatoms. The molecule has 0 radical (unpaired) electrons. The number of carbonyl (C=O) groups excluding carboxylic acids is 1. The predicted molar refractivity (Wildman–Crippen MR) is 34.7 cm³/mol. The number of ether oxygens (including phenoxy) is 1. The number of hydrogen-bond acceptors (Lipinski definition) is 2. The SMILES string of the molecule is [2H]C([2H])([2H])C([2H])([2H])OC(=O)CCC#C. The van der Waals surface area contributed by atoms with E-state index in [1.807, 2.05) is 0 Å². The van der Waals surface area contributed by atoms with Crippen molar-refractivity contribution in [2.24, 2.45) is 0 Å². The molecule has 0 aromatic heterocycles. The lowest BCUT2D eigenvalue weighted by atomic mass is 10.3. The summed E-state index contributed by atoms with van der Waals surface area (Å²) in [7, 11) is 0. The van der Waals surface area contributed by atoms with Crippen molar-refractivity contribution < 1.29 is 16.4 Å². The first kappa shape index (κ1) is 2.74. The summed E-state index contributed by atoms with van der Waals surface area (Å²) in [6, 6.07) is 0. The average molecular weight is 131 g/mol. The van der Waals surface area contributed by atoms with Crippen LogP contribution in [-0.4, -0.2) is 12.5 Å². The van der Waals surface area contributed by atoms with E-state index in [1.165, 1.54) is 0 Å². The van der Waals surface area contributed by atoms with Crippen LogP contribution in [0.4, 0.5) is 0 Å². The Balaban J connectivity index is 4.24. The molecule has 0 saturated carbocycles. The van der Waals surface area contributed by atoms with E-state index in [2.05, 4.69) is 10.7 Å². The van der Waals surface area contributed by atoms with Crippen LogP contribution in [0, 0.1) is 12.3 Å². The Morgan fingerprint density at radius 3 is 3.44 bits per heavy atom. The number of rotatable bonds is 3. The van der Waals surface area contributed by atoms with Crippen LogP contribution < -0.4 is 0 Å². The summed E-state index contributed by atoms with van der Waals surface area (Å²) in [5.41, 5.74) is 0. The van der Waals surface area contributed by atoms with Crippen molar-refractivity contribution in [3.63, 3.8) is 0 Å². The van der Waals surface area contributed by atoms with Gasteiger partial charge >= 0.3 is 5.97 Å². The summed E-state index contributed by atoms with van der Waals surface area (Å²) >= 11 is 0. The predicted octanol–water partition coefficient (Wildman–Crippen LogP) is 0.963. The maximum atomic E-state index is 10.9. The molecule has 0 rings (SSSR count). The second kappa shape index (κ2) is 5.17. The van der Waals surface area contributed by atoms with Gasteiger partial charge in [0.2, 0.25) is 0 Å². The van der Waals surface area contributed by atoms with E-state index in [9.17, 15) is 4.79 Å². The molecule has 0 aromatic rings. The molecule has 0 atom stereocenters. The van der Waals surface area contributed by atoms with E-state index in [4.69, 9.17) is 13.3 Å². The Kier molecular flexibility index (Phi) is 1.58. The van der Waals surface area contributed by atoms with Gasteiger partial charge in [-0.2, -0.15) is 0 Å².